The molecule has 0 aliphatic carbocycles. The van der Waals surface area contributed by atoms with Crippen molar-refractivity contribution in [1.29, 1.82) is 0 Å². The molecular weight excluding hydrogens is 290 g/mol. The Balaban J connectivity index is 1.83. The van der Waals surface area contributed by atoms with Crippen LogP contribution in [0.3, 0.4) is 0 Å². The molecule has 0 spiro atoms. The number of benzene rings is 1. The molecule has 21 heavy (non-hydrogen) atoms. The minimum Gasteiger partial charge on any atom is -0.397 e. The van der Waals surface area contributed by atoms with Crippen LogP contribution in [-0.4, -0.2) is 43.2 Å². The molecule has 1 fully saturated rings. The fourth-order valence-corrected chi connectivity index (χ4v) is 2.76. The fourth-order valence-electron chi connectivity index (χ4n) is 2.59. The average molecular weight is 312 g/mol. The van der Waals surface area contributed by atoms with Crippen molar-refractivity contribution in [3.8, 4) is 0 Å². The summed E-state index contributed by atoms with van der Waals surface area (Å²) in [4.78, 5) is 14.2. The molecule has 2 atom stereocenters. The molecule has 0 saturated carbocycles. The van der Waals surface area contributed by atoms with Crippen LogP contribution >= 0.6 is 11.6 Å². The zero-order valence-corrected chi connectivity index (χ0v) is 13.2. The van der Waals surface area contributed by atoms with E-state index in [0.717, 1.165) is 13.0 Å². The van der Waals surface area contributed by atoms with Gasteiger partial charge in [-0.2, -0.15) is 0 Å². The third-order valence-electron chi connectivity index (χ3n) is 3.88. The van der Waals surface area contributed by atoms with Gasteiger partial charge in [0.25, 0.3) is 0 Å². The summed E-state index contributed by atoms with van der Waals surface area (Å²) in [5.41, 5.74) is 6.89. The number of nitrogens with one attached hydrogen (secondary N) is 1. The maximum atomic E-state index is 12.0. The van der Waals surface area contributed by atoms with Crippen molar-refractivity contribution < 1.29 is 9.53 Å². The highest BCUT2D eigenvalue weighted by Crippen LogP contribution is 2.23. The normalized spacial score (nSPS) is 21.7. The molecule has 2 rings (SSSR count). The van der Waals surface area contributed by atoms with E-state index in [-0.39, 0.29) is 12.0 Å². The van der Waals surface area contributed by atoms with Crippen molar-refractivity contribution in [2.45, 2.75) is 31.9 Å². The summed E-state index contributed by atoms with van der Waals surface area (Å²) in [7, 11) is 2.02. The van der Waals surface area contributed by atoms with Gasteiger partial charge >= 0.3 is 0 Å². The number of nitrogens with two attached hydrogens (primary N) is 1. The Labute approximate surface area is 130 Å². The van der Waals surface area contributed by atoms with Gasteiger partial charge in [-0.25, -0.2) is 0 Å². The van der Waals surface area contributed by atoms with Crippen LogP contribution in [0.4, 0.5) is 11.4 Å². The number of carbonyl (C=O) groups is 1. The second kappa shape index (κ2) is 7.11. The maximum absolute atomic E-state index is 12.0. The Morgan fingerprint density at radius 1 is 1.57 bits per heavy atom. The minimum atomic E-state index is -0.0672. The predicted octanol–water partition coefficient (Wildman–Crippen LogP) is 2.36. The summed E-state index contributed by atoms with van der Waals surface area (Å²) in [5, 5.41) is 3.35. The van der Waals surface area contributed by atoms with Crippen LogP contribution in [0, 0.1) is 0 Å². The number of nitrogens with zero attached hydrogens (tertiary/aromatic N) is 1. The van der Waals surface area contributed by atoms with E-state index in [1.54, 1.807) is 18.2 Å². The molecule has 0 radical (unpaired) electrons. The van der Waals surface area contributed by atoms with Gasteiger partial charge in [0.1, 0.15) is 0 Å². The molecule has 1 saturated heterocycles. The fraction of sp³-hybridized carbons (Fsp3) is 0.533. The first kappa shape index (κ1) is 16.1. The number of anilines is 2. The molecule has 116 valence electrons. The van der Waals surface area contributed by atoms with Crippen LogP contribution in [-0.2, 0) is 9.53 Å². The van der Waals surface area contributed by atoms with E-state index in [1.165, 1.54) is 0 Å². The highest BCUT2D eigenvalue weighted by molar-refractivity contribution is 6.31. The van der Waals surface area contributed by atoms with Crippen LogP contribution in [0.5, 0.6) is 0 Å². The molecule has 5 nitrogen and oxygen atoms in total. The quantitative estimate of drug-likeness (QED) is 0.819. The standard InChI is InChI=1S/C15H22ClN3O2/c1-10-14(6-8-21-10)19(2)7-5-15(20)18-13-9-11(16)3-4-12(13)17/h3-4,9-10,14H,5-8,17H2,1-2H3,(H,18,20). The molecule has 1 aromatic carbocycles. The number of rotatable bonds is 5. The van der Waals surface area contributed by atoms with Crippen molar-refractivity contribution in [2.24, 2.45) is 0 Å². The monoisotopic (exact) mass is 311 g/mol. The Morgan fingerprint density at radius 2 is 2.33 bits per heavy atom. The highest BCUT2D eigenvalue weighted by Gasteiger charge is 2.27. The zero-order valence-electron chi connectivity index (χ0n) is 12.4. The van der Waals surface area contributed by atoms with E-state index < -0.39 is 0 Å². The second-order valence-electron chi connectivity index (χ2n) is 5.44. The number of likely N-dealkylation sites (N-methyl/N-ethyl adjacent to an activating group) is 1. The number of hydrogen-bond acceptors (Lipinski definition) is 4. The minimum absolute atomic E-state index is 0.0672. The number of nitrogen functional groups attached to an aromatic ring is 1. The van der Waals surface area contributed by atoms with Gasteiger partial charge in [0.05, 0.1) is 17.5 Å². The van der Waals surface area contributed by atoms with Gasteiger partial charge in [-0.05, 0) is 38.6 Å². The predicted molar refractivity (Wildman–Crippen MR) is 85.6 cm³/mol. The Bertz CT molecular complexity index is 510. The first-order valence-electron chi connectivity index (χ1n) is 7.14. The van der Waals surface area contributed by atoms with E-state index in [9.17, 15) is 4.79 Å². The first-order chi connectivity index (χ1) is 9.97. The molecule has 0 bridgehead atoms. The van der Waals surface area contributed by atoms with Crippen molar-refractivity contribution >= 4 is 28.9 Å². The van der Waals surface area contributed by atoms with Crippen LogP contribution in [0.2, 0.25) is 5.02 Å². The number of carbonyl (C=O) groups excluding carboxylic acids is 1. The summed E-state index contributed by atoms with van der Waals surface area (Å²) in [5.74, 6) is -0.0672. The third kappa shape index (κ3) is 4.33. The molecule has 1 heterocycles. The SMILES string of the molecule is CC1OCCC1N(C)CCC(=O)Nc1cc(Cl)ccc1N. The summed E-state index contributed by atoms with van der Waals surface area (Å²) >= 11 is 5.90. The van der Waals surface area contributed by atoms with Gasteiger partial charge in [-0.1, -0.05) is 11.6 Å². The van der Waals surface area contributed by atoms with Gasteiger partial charge in [0.15, 0.2) is 0 Å². The van der Waals surface area contributed by atoms with Gasteiger partial charge < -0.3 is 20.7 Å². The number of amides is 1. The van der Waals surface area contributed by atoms with Gasteiger partial charge in [0.2, 0.25) is 5.91 Å². The Kier molecular flexibility index (Phi) is 5.45. The molecule has 2 unspecified atom stereocenters. The van der Waals surface area contributed by atoms with Crippen molar-refractivity contribution in [3.63, 3.8) is 0 Å². The van der Waals surface area contributed by atoms with E-state index in [0.29, 0.717) is 35.4 Å². The van der Waals surface area contributed by atoms with Crippen molar-refractivity contribution in [2.75, 3.05) is 31.2 Å². The smallest absolute Gasteiger partial charge is 0.225 e. The van der Waals surface area contributed by atoms with E-state index >= 15 is 0 Å². The largest absolute Gasteiger partial charge is 0.397 e. The van der Waals surface area contributed by atoms with Gasteiger partial charge in [-0.15, -0.1) is 0 Å². The number of halogens is 1. The lowest BCUT2D eigenvalue weighted by molar-refractivity contribution is -0.116. The molecule has 0 aromatic heterocycles. The average Bonchev–Trinajstić information content (AvgIpc) is 2.86. The molecule has 1 aliphatic heterocycles. The zero-order chi connectivity index (χ0) is 15.4. The van der Waals surface area contributed by atoms with Crippen LogP contribution in [0.25, 0.3) is 0 Å². The van der Waals surface area contributed by atoms with Crippen molar-refractivity contribution in [3.05, 3.63) is 23.2 Å². The molecule has 1 amide bonds. The third-order valence-corrected chi connectivity index (χ3v) is 4.12. The lowest BCUT2D eigenvalue weighted by Gasteiger charge is -2.26. The maximum Gasteiger partial charge on any atom is 0.225 e. The van der Waals surface area contributed by atoms with E-state index in [4.69, 9.17) is 22.1 Å². The second-order valence-corrected chi connectivity index (χ2v) is 5.88. The number of ether oxygens (including phenoxy) is 1. The van der Waals surface area contributed by atoms with Crippen LogP contribution in [0.15, 0.2) is 18.2 Å². The summed E-state index contributed by atoms with van der Waals surface area (Å²) < 4.78 is 5.54. The summed E-state index contributed by atoms with van der Waals surface area (Å²) in [6, 6.07) is 5.42. The lowest BCUT2D eigenvalue weighted by Crippen LogP contribution is -2.38. The summed E-state index contributed by atoms with van der Waals surface area (Å²) in [6.45, 7) is 3.55. The Hall–Kier alpha value is -1.30. The first-order valence-corrected chi connectivity index (χ1v) is 7.52. The topological polar surface area (TPSA) is 67.6 Å². The summed E-state index contributed by atoms with van der Waals surface area (Å²) in [6.07, 6.45) is 1.65. The van der Waals surface area contributed by atoms with Crippen LogP contribution in [0.1, 0.15) is 19.8 Å². The van der Waals surface area contributed by atoms with E-state index in [1.807, 2.05) is 7.05 Å². The molecule has 1 aromatic rings. The van der Waals surface area contributed by atoms with Crippen molar-refractivity contribution in [1.82, 2.24) is 4.90 Å². The van der Waals surface area contributed by atoms with E-state index in [2.05, 4.69) is 17.1 Å². The van der Waals surface area contributed by atoms with Gasteiger partial charge in [0, 0.05) is 30.6 Å². The molecule has 1 aliphatic rings. The highest BCUT2D eigenvalue weighted by atomic mass is 35.5. The van der Waals surface area contributed by atoms with Gasteiger partial charge in [-0.3, -0.25) is 4.79 Å². The lowest BCUT2D eigenvalue weighted by atomic mass is 10.1. The van der Waals surface area contributed by atoms with Crippen LogP contribution < -0.4 is 11.1 Å². The molecule has 3 N–H and O–H groups in total. The molecular formula is C15H22ClN3O2. The number of hydrogen-bond donors (Lipinski definition) is 2. The molecule has 6 heteroatoms. The Morgan fingerprint density at radius 3 is 3.00 bits per heavy atom.